The van der Waals surface area contributed by atoms with Crippen LogP contribution >= 0.6 is 0 Å². The minimum Gasteiger partial charge on any atom is -0.345 e. The molecule has 28 heavy (non-hydrogen) atoms. The van der Waals surface area contributed by atoms with E-state index in [9.17, 15) is 22.8 Å². The lowest BCUT2D eigenvalue weighted by Gasteiger charge is -2.33. The van der Waals surface area contributed by atoms with Crippen molar-refractivity contribution in [3.05, 3.63) is 30.1 Å². The van der Waals surface area contributed by atoms with E-state index in [1.165, 1.54) is 4.90 Å². The van der Waals surface area contributed by atoms with Gasteiger partial charge in [-0.3, -0.25) is 14.6 Å². The summed E-state index contributed by atoms with van der Waals surface area (Å²) < 4.78 is 36.9. The molecule has 1 saturated heterocycles. The smallest absolute Gasteiger partial charge is 0.345 e. The molecule has 1 fully saturated rings. The van der Waals surface area contributed by atoms with E-state index in [0.717, 1.165) is 18.5 Å². The number of likely N-dealkylation sites (tertiary alicyclic amines) is 1. The number of aromatic nitrogens is 1. The molecule has 0 unspecified atom stereocenters. The standard InChI is InChI=1S/C20H28F3N3O2/c1-25(14-10-17-6-2-3-12-24-17)18(27)8-7-16-5-4-13-26(15-16)19(28)9-11-20(21,22)23/h2-3,6,12,16H,4-5,7-11,13-15H2,1H3/t16-/m1/s1. The molecule has 0 radical (unpaired) electrons. The second kappa shape index (κ2) is 10.4. The number of pyridine rings is 1. The number of rotatable bonds is 8. The lowest BCUT2D eigenvalue weighted by atomic mass is 9.93. The number of piperidine rings is 1. The Morgan fingerprint density at radius 3 is 2.75 bits per heavy atom. The van der Waals surface area contributed by atoms with Crippen LogP contribution in [-0.4, -0.2) is 59.5 Å². The minimum atomic E-state index is -4.31. The van der Waals surface area contributed by atoms with Crippen molar-refractivity contribution in [1.82, 2.24) is 14.8 Å². The monoisotopic (exact) mass is 399 g/mol. The summed E-state index contributed by atoms with van der Waals surface area (Å²) in [7, 11) is 1.76. The number of carbonyl (C=O) groups is 2. The van der Waals surface area contributed by atoms with E-state index in [4.69, 9.17) is 0 Å². The van der Waals surface area contributed by atoms with Crippen molar-refractivity contribution in [1.29, 1.82) is 0 Å². The normalized spacial score (nSPS) is 17.4. The Labute approximate surface area is 163 Å². The third-order valence-electron chi connectivity index (χ3n) is 5.12. The quantitative estimate of drug-likeness (QED) is 0.673. The van der Waals surface area contributed by atoms with Gasteiger partial charge < -0.3 is 9.80 Å². The molecule has 2 amide bonds. The van der Waals surface area contributed by atoms with E-state index in [0.29, 0.717) is 38.9 Å². The molecule has 5 nitrogen and oxygen atoms in total. The Hall–Kier alpha value is -2.12. The van der Waals surface area contributed by atoms with Crippen molar-refractivity contribution in [3.8, 4) is 0 Å². The molecule has 0 aliphatic carbocycles. The van der Waals surface area contributed by atoms with Crippen molar-refractivity contribution in [2.24, 2.45) is 5.92 Å². The van der Waals surface area contributed by atoms with Crippen LogP contribution in [0.25, 0.3) is 0 Å². The number of nitrogens with zero attached hydrogens (tertiary/aromatic N) is 3. The molecule has 0 saturated carbocycles. The maximum absolute atomic E-state index is 12.3. The van der Waals surface area contributed by atoms with Gasteiger partial charge in [-0.2, -0.15) is 13.2 Å². The zero-order chi connectivity index (χ0) is 20.6. The molecule has 1 atom stereocenters. The molecule has 1 aliphatic heterocycles. The van der Waals surface area contributed by atoms with Crippen molar-refractivity contribution in [3.63, 3.8) is 0 Å². The van der Waals surface area contributed by atoms with Gasteiger partial charge in [-0.1, -0.05) is 6.07 Å². The van der Waals surface area contributed by atoms with Crippen LogP contribution in [0.3, 0.4) is 0 Å². The van der Waals surface area contributed by atoms with Crippen molar-refractivity contribution in [2.75, 3.05) is 26.7 Å². The van der Waals surface area contributed by atoms with Gasteiger partial charge in [0, 0.05) is 57.8 Å². The van der Waals surface area contributed by atoms with Crippen LogP contribution in [0.4, 0.5) is 13.2 Å². The lowest BCUT2D eigenvalue weighted by Crippen LogP contribution is -2.40. The highest BCUT2D eigenvalue weighted by Crippen LogP contribution is 2.25. The second-order valence-electron chi connectivity index (χ2n) is 7.39. The summed E-state index contributed by atoms with van der Waals surface area (Å²) in [6, 6.07) is 5.68. The maximum atomic E-state index is 12.3. The summed E-state index contributed by atoms with van der Waals surface area (Å²) in [6.45, 7) is 1.54. The Balaban J connectivity index is 1.70. The van der Waals surface area contributed by atoms with E-state index in [1.54, 1.807) is 18.1 Å². The molecule has 0 spiro atoms. The highest BCUT2D eigenvalue weighted by Gasteiger charge is 2.30. The number of alkyl halides is 3. The number of hydrogen-bond donors (Lipinski definition) is 0. The highest BCUT2D eigenvalue weighted by atomic mass is 19.4. The Morgan fingerprint density at radius 2 is 2.07 bits per heavy atom. The van der Waals surface area contributed by atoms with Crippen LogP contribution in [0, 0.1) is 5.92 Å². The van der Waals surface area contributed by atoms with E-state index >= 15 is 0 Å². The first kappa shape index (κ1) is 22.2. The number of hydrogen-bond acceptors (Lipinski definition) is 3. The Bertz CT molecular complexity index is 637. The molecule has 1 aromatic heterocycles. The average molecular weight is 399 g/mol. The summed E-state index contributed by atoms with van der Waals surface area (Å²) in [6.07, 6.45) is -0.769. The van der Waals surface area contributed by atoms with Gasteiger partial charge in [0.2, 0.25) is 11.8 Å². The van der Waals surface area contributed by atoms with Crippen molar-refractivity contribution < 1.29 is 22.8 Å². The van der Waals surface area contributed by atoms with Gasteiger partial charge in [0.1, 0.15) is 0 Å². The van der Waals surface area contributed by atoms with Gasteiger partial charge in [0.15, 0.2) is 0 Å². The molecule has 2 heterocycles. The Morgan fingerprint density at radius 1 is 1.29 bits per heavy atom. The number of likely N-dealkylation sites (N-methyl/N-ethyl adjacent to an activating group) is 1. The lowest BCUT2D eigenvalue weighted by molar-refractivity contribution is -0.150. The largest absolute Gasteiger partial charge is 0.389 e. The molecule has 8 heteroatoms. The molecular formula is C20H28F3N3O2. The molecule has 0 N–H and O–H groups in total. The molecule has 0 bridgehead atoms. The van der Waals surface area contributed by atoms with Gasteiger partial charge in [-0.15, -0.1) is 0 Å². The SMILES string of the molecule is CN(CCc1ccccn1)C(=O)CC[C@H]1CCCN(C(=O)CCC(F)(F)F)C1. The molecule has 1 aliphatic rings. The highest BCUT2D eigenvalue weighted by molar-refractivity contribution is 5.76. The van der Waals surface area contributed by atoms with Crippen LogP contribution in [0.15, 0.2) is 24.4 Å². The third-order valence-corrected chi connectivity index (χ3v) is 5.12. The second-order valence-corrected chi connectivity index (χ2v) is 7.39. The first-order chi connectivity index (χ1) is 13.2. The third kappa shape index (κ3) is 7.86. The molecule has 156 valence electrons. The predicted octanol–water partition coefficient (Wildman–Crippen LogP) is 3.44. The summed E-state index contributed by atoms with van der Waals surface area (Å²) in [5, 5.41) is 0. The molecule has 2 rings (SSSR count). The van der Waals surface area contributed by atoms with E-state index < -0.39 is 24.9 Å². The Kier molecular flexibility index (Phi) is 8.26. The van der Waals surface area contributed by atoms with Gasteiger partial charge in [-0.25, -0.2) is 0 Å². The first-order valence-corrected chi connectivity index (χ1v) is 9.73. The number of amides is 2. The van der Waals surface area contributed by atoms with Gasteiger partial charge in [0.25, 0.3) is 0 Å². The van der Waals surface area contributed by atoms with Crippen LogP contribution in [0.5, 0.6) is 0 Å². The van der Waals surface area contributed by atoms with Crippen LogP contribution < -0.4 is 0 Å². The van der Waals surface area contributed by atoms with Crippen LogP contribution in [0.1, 0.15) is 44.2 Å². The summed E-state index contributed by atoms with van der Waals surface area (Å²) >= 11 is 0. The predicted molar refractivity (Wildman–Crippen MR) is 99.4 cm³/mol. The fourth-order valence-corrected chi connectivity index (χ4v) is 3.41. The van der Waals surface area contributed by atoms with E-state index in [-0.39, 0.29) is 11.8 Å². The molecular weight excluding hydrogens is 371 g/mol. The summed E-state index contributed by atoms with van der Waals surface area (Å²) in [5.41, 5.74) is 0.933. The summed E-state index contributed by atoms with van der Waals surface area (Å²) in [5.74, 6) is -0.242. The maximum Gasteiger partial charge on any atom is 0.389 e. The summed E-state index contributed by atoms with van der Waals surface area (Å²) in [4.78, 5) is 31.8. The average Bonchev–Trinajstić information content (AvgIpc) is 2.68. The molecule has 0 aromatic carbocycles. The number of halogens is 3. The number of carbonyl (C=O) groups excluding carboxylic acids is 2. The van der Waals surface area contributed by atoms with Crippen molar-refractivity contribution in [2.45, 2.75) is 51.1 Å². The fraction of sp³-hybridized carbons (Fsp3) is 0.650. The van der Waals surface area contributed by atoms with Crippen molar-refractivity contribution >= 4 is 11.8 Å². The van der Waals surface area contributed by atoms with Crippen LogP contribution in [-0.2, 0) is 16.0 Å². The zero-order valence-corrected chi connectivity index (χ0v) is 16.2. The van der Waals surface area contributed by atoms with E-state index in [1.807, 2.05) is 18.2 Å². The van der Waals surface area contributed by atoms with Gasteiger partial charge >= 0.3 is 6.18 Å². The topological polar surface area (TPSA) is 53.5 Å². The van der Waals surface area contributed by atoms with Crippen LogP contribution in [0.2, 0.25) is 0 Å². The fourth-order valence-electron chi connectivity index (χ4n) is 3.41. The van der Waals surface area contributed by atoms with E-state index in [2.05, 4.69) is 4.98 Å². The minimum absolute atomic E-state index is 0.0384. The van der Waals surface area contributed by atoms with Gasteiger partial charge in [0.05, 0.1) is 6.42 Å². The van der Waals surface area contributed by atoms with Gasteiger partial charge in [-0.05, 0) is 37.3 Å². The molecule has 1 aromatic rings. The zero-order valence-electron chi connectivity index (χ0n) is 16.2. The first-order valence-electron chi connectivity index (χ1n) is 9.73.